The molecule has 0 aromatic heterocycles. The predicted molar refractivity (Wildman–Crippen MR) is 73.9 cm³/mol. The summed E-state index contributed by atoms with van der Waals surface area (Å²) < 4.78 is 0. The third-order valence-electron chi connectivity index (χ3n) is 4.08. The van der Waals surface area contributed by atoms with Gasteiger partial charge in [-0.15, -0.1) is 0 Å². The lowest BCUT2D eigenvalue weighted by Gasteiger charge is -2.28. The molecule has 1 aromatic rings. The molecule has 2 nitrogen and oxygen atoms in total. The molecule has 0 saturated carbocycles. The monoisotopic (exact) mass is 232 g/mol. The van der Waals surface area contributed by atoms with Crippen LogP contribution < -0.4 is 5.73 Å². The molecular formula is C15H24N2. The van der Waals surface area contributed by atoms with Crippen LogP contribution in [0.5, 0.6) is 0 Å². The zero-order valence-electron chi connectivity index (χ0n) is 11.2. The first-order chi connectivity index (χ1) is 8.11. The summed E-state index contributed by atoms with van der Waals surface area (Å²) in [5, 5.41) is 0. The van der Waals surface area contributed by atoms with Crippen molar-refractivity contribution in [2.75, 3.05) is 5.73 Å². The normalized spacial score (nSPS) is 25.4. The van der Waals surface area contributed by atoms with E-state index >= 15 is 0 Å². The van der Waals surface area contributed by atoms with Gasteiger partial charge in [0.05, 0.1) is 0 Å². The lowest BCUT2D eigenvalue weighted by molar-refractivity contribution is 0.190. The minimum atomic E-state index is 0.694. The van der Waals surface area contributed by atoms with E-state index in [1.54, 1.807) is 0 Å². The maximum atomic E-state index is 6.07. The summed E-state index contributed by atoms with van der Waals surface area (Å²) in [7, 11) is 0. The number of aryl methyl sites for hydroxylation is 1. The molecule has 2 N–H and O–H groups in total. The summed E-state index contributed by atoms with van der Waals surface area (Å²) in [5.74, 6) is 0. The Hall–Kier alpha value is -1.02. The maximum Gasteiger partial charge on any atom is 0.0359 e. The van der Waals surface area contributed by atoms with E-state index in [1.165, 1.54) is 30.4 Å². The molecular weight excluding hydrogens is 208 g/mol. The standard InChI is InChI=1S/C15H24N2/c1-4-14-7-6-12(3)17(14)10-13-9-11(2)5-8-15(13)16/h5,8-9,12,14H,4,6-7,10,16H2,1-3H3. The van der Waals surface area contributed by atoms with E-state index in [9.17, 15) is 0 Å². The molecule has 2 heteroatoms. The molecule has 2 rings (SSSR count). The van der Waals surface area contributed by atoms with E-state index in [1.807, 2.05) is 6.07 Å². The van der Waals surface area contributed by atoms with Crippen LogP contribution in [0.3, 0.4) is 0 Å². The molecule has 1 aromatic carbocycles. The molecule has 2 atom stereocenters. The van der Waals surface area contributed by atoms with Gasteiger partial charge in [-0.05, 0) is 44.7 Å². The van der Waals surface area contributed by atoms with E-state index in [0.717, 1.165) is 18.3 Å². The Morgan fingerprint density at radius 1 is 1.35 bits per heavy atom. The topological polar surface area (TPSA) is 29.3 Å². The van der Waals surface area contributed by atoms with Crippen molar-refractivity contribution in [3.8, 4) is 0 Å². The van der Waals surface area contributed by atoms with Gasteiger partial charge in [0, 0.05) is 24.3 Å². The number of likely N-dealkylation sites (tertiary alicyclic amines) is 1. The highest BCUT2D eigenvalue weighted by atomic mass is 15.2. The number of hydrogen-bond donors (Lipinski definition) is 1. The summed E-state index contributed by atoms with van der Waals surface area (Å²) in [6.45, 7) is 7.76. The van der Waals surface area contributed by atoms with Gasteiger partial charge in [0.25, 0.3) is 0 Å². The van der Waals surface area contributed by atoms with Gasteiger partial charge >= 0.3 is 0 Å². The fraction of sp³-hybridized carbons (Fsp3) is 0.600. The number of nitrogens with zero attached hydrogens (tertiary/aromatic N) is 1. The summed E-state index contributed by atoms with van der Waals surface area (Å²) in [4.78, 5) is 2.62. The molecule has 1 saturated heterocycles. The zero-order chi connectivity index (χ0) is 12.4. The number of anilines is 1. The molecule has 2 unspecified atom stereocenters. The first-order valence-electron chi connectivity index (χ1n) is 6.72. The van der Waals surface area contributed by atoms with Crippen LogP contribution >= 0.6 is 0 Å². The highest BCUT2D eigenvalue weighted by Crippen LogP contribution is 2.29. The van der Waals surface area contributed by atoms with E-state index in [0.29, 0.717) is 6.04 Å². The van der Waals surface area contributed by atoms with Crippen molar-refractivity contribution in [3.63, 3.8) is 0 Å². The average molecular weight is 232 g/mol. The predicted octanol–water partition coefficient (Wildman–Crippen LogP) is 3.34. The zero-order valence-corrected chi connectivity index (χ0v) is 11.2. The Morgan fingerprint density at radius 2 is 2.12 bits per heavy atom. The van der Waals surface area contributed by atoms with Crippen LogP contribution in [-0.2, 0) is 6.54 Å². The molecule has 94 valence electrons. The van der Waals surface area contributed by atoms with Crippen LogP contribution in [0.2, 0.25) is 0 Å². The van der Waals surface area contributed by atoms with Crippen LogP contribution in [0.15, 0.2) is 18.2 Å². The molecule has 1 heterocycles. The highest BCUT2D eigenvalue weighted by molar-refractivity contribution is 5.48. The Bertz CT molecular complexity index is 387. The highest BCUT2D eigenvalue weighted by Gasteiger charge is 2.29. The second-order valence-corrected chi connectivity index (χ2v) is 5.36. The number of rotatable bonds is 3. The van der Waals surface area contributed by atoms with Gasteiger partial charge in [0.15, 0.2) is 0 Å². The van der Waals surface area contributed by atoms with Crippen molar-refractivity contribution in [2.45, 2.75) is 58.7 Å². The van der Waals surface area contributed by atoms with E-state index in [2.05, 4.69) is 37.8 Å². The SMILES string of the molecule is CCC1CCC(C)N1Cc1cc(C)ccc1N. The van der Waals surface area contributed by atoms with E-state index in [4.69, 9.17) is 5.73 Å². The first kappa shape index (κ1) is 12.4. The molecule has 1 aliphatic heterocycles. The molecule has 0 radical (unpaired) electrons. The number of hydrogen-bond acceptors (Lipinski definition) is 2. The third kappa shape index (κ3) is 2.63. The van der Waals surface area contributed by atoms with Gasteiger partial charge in [-0.1, -0.05) is 24.6 Å². The van der Waals surface area contributed by atoms with Gasteiger partial charge in [0.2, 0.25) is 0 Å². The van der Waals surface area contributed by atoms with Gasteiger partial charge in [-0.25, -0.2) is 0 Å². The fourth-order valence-corrected chi connectivity index (χ4v) is 2.92. The van der Waals surface area contributed by atoms with Crippen molar-refractivity contribution in [1.82, 2.24) is 4.90 Å². The summed E-state index contributed by atoms with van der Waals surface area (Å²) >= 11 is 0. The molecule has 1 fully saturated rings. The molecule has 0 bridgehead atoms. The van der Waals surface area contributed by atoms with Crippen LogP contribution in [0.1, 0.15) is 44.2 Å². The van der Waals surface area contributed by atoms with Crippen molar-refractivity contribution >= 4 is 5.69 Å². The van der Waals surface area contributed by atoms with E-state index in [-0.39, 0.29) is 0 Å². The molecule has 0 amide bonds. The van der Waals surface area contributed by atoms with Crippen molar-refractivity contribution in [1.29, 1.82) is 0 Å². The minimum absolute atomic E-state index is 0.694. The Kier molecular flexibility index (Phi) is 3.72. The van der Waals surface area contributed by atoms with Gasteiger partial charge in [-0.2, -0.15) is 0 Å². The lowest BCUT2D eigenvalue weighted by atomic mass is 10.1. The first-order valence-corrected chi connectivity index (χ1v) is 6.72. The third-order valence-corrected chi connectivity index (χ3v) is 4.08. The van der Waals surface area contributed by atoms with Crippen LogP contribution in [0.4, 0.5) is 5.69 Å². The molecule has 17 heavy (non-hydrogen) atoms. The summed E-state index contributed by atoms with van der Waals surface area (Å²) in [6, 6.07) is 7.79. The van der Waals surface area contributed by atoms with Gasteiger partial charge < -0.3 is 5.73 Å². The Labute approximate surface area is 105 Å². The number of nitrogen functional groups attached to an aromatic ring is 1. The summed E-state index contributed by atoms with van der Waals surface area (Å²) in [6.07, 6.45) is 3.91. The van der Waals surface area contributed by atoms with Crippen LogP contribution in [0.25, 0.3) is 0 Å². The fourth-order valence-electron chi connectivity index (χ4n) is 2.92. The number of benzene rings is 1. The molecule has 0 spiro atoms. The second kappa shape index (κ2) is 5.09. The van der Waals surface area contributed by atoms with Crippen LogP contribution in [-0.4, -0.2) is 17.0 Å². The van der Waals surface area contributed by atoms with E-state index < -0.39 is 0 Å². The maximum absolute atomic E-state index is 6.07. The quantitative estimate of drug-likeness (QED) is 0.810. The van der Waals surface area contributed by atoms with Crippen LogP contribution in [0, 0.1) is 6.92 Å². The lowest BCUT2D eigenvalue weighted by Crippen LogP contribution is -2.33. The average Bonchev–Trinajstić information content (AvgIpc) is 2.65. The van der Waals surface area contributed by atoms with Gasteiger partial charge in [0.1, 0.15) is 0 Å². The molecule has 0 aliphatic carbocycles. The van der Waals surface area contributed by atoms with Crippen molar-refractivity contribution in [2.24, 2.45) is 0 Å². The Morgan fingerprint density at radius 3 is 2.82 bits per heavy atom. The van der Waals surface area contributed by atoms with Crippen molar-refractivity contribution in [3.05, 3.63) is 29.3 Å². The second-order valence-electron chi connectivity index (χ2n) is 5.36. The molecule has 1 aliphatic rings. The van der Waals surface area contributed by atoms with Gasteiger partial charge in [-0.3, -0.25) is 4.90 Å². The van der Waals surface area contributed by atoms with Crippen molar-refractivity contribution < 1.29 is 0 Å². The Balaban J connectivity index is 2.16. The largest absolute Gasteiger partial charge is 0.398 e. The summed E-state index contributed by atoms with van der Waals surface area (Å²) in [5.41, 5.74) is 9.60. The number of nitrogens with two attached hydrogens (primary N) is 1. The minimum Gasteiger partial charge on any atom is -0.398 e. The smallest absolute Gasteiger partial charge is 0.0359 e.